The van der Waals surface area contributed by atoms with Gasteiger partial charge in [0.25, 0.3) is 5.91 Å². The van der Waals surface area contributed by atoms with E-state index in [2.05, 4.69) is 5.32 Å². The number of amides is 4. The van der Waals surface area contributed by atoms with Gasteiger partial charge in [-0.2, -0.15) is 0 Å². The summed E-state index contributed by atoms with van der Waals surface area (Å²) in [5.74, 6) is -0.775. The van der Waals surface area contributed by atoms with Crippen molar-refractivity contribution in [3.05, 3.63) is 34.9 Å². The Bertz CT molecular complexity index is 860. The van der Waals surface area contributed by atoms with Crippen molar-refractivity contribution in [1.82, 2.24) is 15.1 Å². The van der Waals surface area contributed by atoms with Gasteiger partial charge in [-0.25, -0.2) is 0 Å². The Labute approximate surface area is 170 Å². The van der Waals surface area contributed by atoms with Gasteiger partial charge in [-0.1, -0.05) is 31.4 Å². The van der Waals surface area contributed by atoms with E-state index >= 15 is 0 Å². The largest absolute Gasteiger partial charge is 0.336 e. The van der Waals surface area contributed by atoms with Gasteiger partial charge < -0.3 is 9.80 Å². The SMILES string of the molecule is CC(=O)N(Cc1ccc2c(c1)CN(C1CCC(=O)NC1=O)C2=O)C1CCCCC1. The molecule has 0 bridgehead atoms. The summed E-state index contributed by atoms with van der Waals surface area (Å²) in [6, 6.07) is 5.38. The molecular formula is C22H27N3O4. The molecule has 1 N–H and O–H groups in total. The number of rotatable bonds is 4. The second-order valence-electron chi connectivity index (χ2n) is 8.33. The first-order chi connectivity index (χ1) is 13.9. The predicted molar refractivity (Wildman–Crippen MR) is 106 cm³/mol. The van der Waals surface area contributed by atoms with E-state index in [1.807, 2.05) is 17.0 Å². The summed E-state index contributed by atoms with van der Waals surface area (Å²) in [5.41, 5.74) is 2.48. The molecule has 0 aromatic heterocycles. The summed E-state index contributed by atoms with van der Waals surface area (Å²) in [7, 11) is 0. The van der Waals surface area contributed by atoms with E-state index in [4.69, 9.17) is 0 Å². The lowest BCUT2D eigenvalue weighted by Crippen LogP contribution is -2.52. The number of hydrogen-bond acceptors (Lipinski definition) is 4. The van der Waals surface area contributed by atoms with Gasteiger partial charge in [-0.15, -0.1) is 0 Å². The lowest BCUT2D eigenvalue weighted by atomic mass is 9.93. The number of fused-ring (bicyclic) bond motifs is 1. The standard InChI is InChI=1S/C22H27N3O4/c1-14(26)24(17-5-3-2-4-6-17)12-15-7-8-18-16(11-15)13-25(22(18)29)19-9-10-20(27)23-21(19)28/h7-8,11,17,19H,2-6,9-10,12-13H2,1H3,(H,23,27,28). The summed E-state index contributed by atoms with van der Waals surface area (Å²) in [5, 5.41) is 2.32. The molecule has 2 fully saturated rings. The third-order valence-electron chi connectivity index (χ3n) is 6.36. The zero-order chi connectivity index (χ0) is 20.5. The third-order valence-corrected chi connectivity index (χ3v) is 6.36. The van der Waals surface area contributed by atoms with Crippen LogP contribution in [0.5, 0.6) is 0 Å². The molecule has 3 aliphatic rings. The fraction of sp³-hybridized carbons (Fsp3) is 0.545. The minimum absolute atomic E-state index is 0.0821. The van der Waals surface area contributed by atoms with Crippen LogP contribution >= 0.6 is 0 Å². The normalized spacial score (nSPS) is 22.4. The molecule has 2 heterocycles. The van der Waals surface area contributed by atoms with Crippen molar-refractivity contribution in [3.63, 3.8) is 0 Å². The monoisotopic (exact) mass is 397 g/mol. The smallest absolute Gasteiger partial charge is 0.255 e. The molecule has 1 atom stereocenters. The summed E-state index contributed by atoms with van der Waals surface area (Å²) >= 11 is 0. The molecule has 1 aromatic rings. The van der Waals surface area contributed by atoms with E-state index in [-0.39, 0.29) is 30.2 Å². The second-order valence-corrected chi connectivity index (χ2v) is 8.33. The van der Waals surface area contributed by atoms with Crippen LogP contribution in [-0.4, -0.2) is 45.5 Å². The van der Waals surface area contributed by atoms with Gasteiger partial charge in [0, 0.05) is 38.0 Å². The summed E-state index contributed by atoms with van der Waals surface area (Å²) in [6.07, 6.45) is 6.26. The maximum absolute atomic E-state index is 12.8. The van der Waals surface area contributed by atoms with Gasteiger partial charge in [0.05, 0.1) is 0 Å². The lowest BCUT2D eigenvalue weighted by molar-refractivity contribution is -0.137. The predicted octanol–water partition coefficient (Wildman–Crippen LogP) is 2.13. The van der Waals surface area contributed by atoms with Crippen LogP contribution in [0.4, 0.5) is 0 Å². The number of nitrogens with zero attached hydrogens (tertiary/aromatic N) is 2. The van der Waals surface area contributed by atoms with Crippen LogP contribution in [0.25, 0.3) is 0 Å². The van der Waals surface area contributed by atoms with E-state index in [1.54, 1.807) is 17.9 Å². The number of carbonyl (C=O) groups excluding carboxylic acids is 4. The first-order valence-electron chi connectivity index (χ1n) is 10.5. The quantitative estimate of drug-likeness (QED) is 0.789. The summed E-state index contributed by atoms with van der Waals surface area (Å²) in [4.78, 5) is 52.1. The van der Waals surface area contributed by atoms with Gasteiger partial charge in [-0.05, 0) is 36.5 Å². The Kier molecular flexibility index (Phi) is 5.39. The molecule has 1 unspecified atom stereocenters. The highest BCUT2D eigenvalue weighted by Gasteiger charge is 2.39. The van der Waals surface area contributed by atoms with Crippen molar-refractivity contribution < 1.29 is 19.2 Å². The van der Waals surface area contributed by atoms with Gasteiger partial charge in [0.15, 0.2) is 0 Å². The molecular weight excluding hydrogens is 370 g/mol. The highest BCUT2D eigenvalue weighted by molar-refractivity contribution is 6.05. The molecule has 0 spiro atoms. The Morgan fingerprint density at radius 1 is 1.14 bits per heavy atom. The Hall–Kier alpha value is -2.70. The highest BCUT2D eigenvalue weighted by Crippen LogP contribution is 2.29. The molecule has 7 heteroatoms. The Morgan fingerprint density at radius 3 is 2.59 bits per heavy atom. The van der Waals surface area contributed by atoms with Crippen LogP contribution in [0.1, 0.15) is 73.4 Å². The van der Waals surface area contributed by atoms with Crippen molar-refractivity contribution in [2.75, 3.05) is 0 Å². The molecule has 4 rings (SSSR count). The minimum Gasteiger partial charge on any atom is -0.336 e. The van der Waals surface area contributed by atoms with E-state index in [0.717, 1.165) is 36.8 Å². The molecule has 0 radical (unpaired) electrons. The van der Waals surface area contributed by atoms with Crippen LogP contribution in [0.2, 0.25) is 0 Å². The average molecular weight is 397 g/mol. The zero-order valence-electron chi connectivity index (χ0n) is 16.8. The number of hydrogen-bond donors (Lipinski definition) is 1. The molecule has 29 heavy (non-hydrogen) atoms. The molecule has 1 aliphatic carbocycles. The van der Waals surface area contributed by atoms with E-state index in [0.29, 0.717) is 25.1 Å². The summed E-state index contributed by atoms with van der Waals surface area (Å²) in [6.45, 7) is 2.52. The number of nitrogens with one attached hydrogen (secondary N) is 1. The van der Waals surface area contributed by atoms with E-state index in [1.165, 1.54) is 6.42 Å². The Morgan fingerprint density at radius 2 is 1.90 bits per heavy atom. The first kappa shape index (κ1) is 19.6. The molecule has 4 amide bonds. The number of benzene rings is 1. The van der Waals surface area contributed by atoms with Crippen LogP contribution in [0.15, 0.2) is 18.2 Å². The van der Waals surface area contributed by atoms with Crippen molar-refractivity contribution in [2.45, 2.75) is 77.0 Å². The number of imide groups is 1. The highest BCUT2D eigenvalue weighted by atomic mass is 16.2. The maximum atomic E-state index is 12.8. The van der Waals surface area contributed by atoms with Crippen LogP contribution < -0.4 is 5.32 Å². The number of piperidine rings is 1. The van der Waals surface area contributed by atoms with Gasteiger partial charge in [0.1, 0.15) is 6.04 Å². The van der Waals surface area contributed by atoms with Gasteiger partial charge in [-0.3, -0.25) is 24.5 Å². The maximum Gasteiger partial charge on any atom is 0.255 e. The third kappa shape index (κ3) is 3.91. The molecule has 1 aromatic carbocycles. The van der Waals surface area contributed by atoms with Crippen molar-refractivity contribution in [2.24, 2.45) is 0 Å². The van der Waals surface area contributed by atoms with Crippen molar-refractivity contribution >= 4 is 23.6 Å². The Balaban J connectivity index is 1.50. The number of carbonyl (C=O) groups is 4. The van der Waals surface area contributed by atoms with Crippen LogP contribution in [0, 0.1) is 0 Å². The molecule has 7 nitrogen and oxygen atoms in total. The molecule has 2 aliphatic heterocycles. The first-order valence-corrected chi connectivity index (χ1v) is 10.5. The van der Waals surface area contributed by atoms with E-state index in [9.17, 15) is 19.2 Å². The van der Waals surface area contributed by atoms with Gasteiger partial charge >= 0.3 is 0 Å². The molecule has 1 saturated carbocycles. The second kappa shape index (κ2) is 7.97. The average Bonchev–Trinajstić information content (AvgIpc) is 3.02. The van der Waals surface area contributed by atoms with Crippen molar-refractivity contribution in [3.8, 4) is 0 Å². The molecule has 154 valence electrons. The van der Waals surface area contributed by atoms with Crippen LogP contribution in [0.3, 0.4) is 0 Å². The van der Waals surface area contributed by atoms with Crippen molar-refractivity contribution in [1.29, 1.82) is 0 Å². The molecule has 1 saturated heterocycles. The fourth-order valence-corrected chi connectivity index (χ4v) is 4.81. The van der Waals surface area contributed by atoms with Crippen LogP contribution in [-0.2, 0) is 27.5 Å². The summed E-state index contributed by atoms with van der Waals surface area (Å²) < 4.78 is 0. The zero-order valence-corrected chi connectivity index (χ0v) is 16.8. The van der Waals surface area contributed by atoms with E-state index < -0.39 is 11.9 Å². The topological polar surface area (TPSA) is 86.8 Å². The lowest BCUT2D eigenvalue weighted by Gasteiger charge is -2.34. The fourth-order valence-electron chi connectivity index (χ4n) is 4.81. The minimum atomic E-state index is -0.605. The van der Waals surface area contributed by atoms with Gasteiger partial charge in [0.2, 0.25) is 17.7 Å².